The molecular weight excluding hydrogens is 394 g/mol. The molecule has 28 heavy (non-hydrogen) atoms. The first-order valence-corrected chi connectivity index (χ1v) is 10.9. The van der Waals surface area contributed by atoms with Crippen LogP contribution < -0.4 is 0 Å². The standard InChI is InChI=1S/C21H26ClN3O2S/c22-19-4-1-2-5-20(19)28-17-21(26)25(16-18-6-8-23-9-7-18)11-3-10-24-12-14-27-15-13-24/h1-2,4-9H,3,10-17H2. The normalized spacial score (nSPS) is 14.8. The van der Waals surface area contributed by atoms with Gasteiger partial charge < -0.3 is 9.64 Å². The van der Waals surface area contributed by atoms with E-state index in [4.69, 9.17) is 16.3 Å². The van der Waals surface area contributed by atoms with Gasteiger partial charge in [-0.2, -0.15) is 0 Å². The average molecular weight is 420 g/mol. The summed E-state index contributed by atoms with van der Waals surface area (Å²) in [4.78, 5) is 22.3. The molecule has 150 valence electrons. The molecule has 5 nitrogen and oxygen atoms in total. The summed E-state index contributed by atoms with van der Waals surface area (Å²) in [5.74, 6) is 0.510. The van der Waals surface area contributed by atoms with Gasteiger partial charge in [0, 0.05) is 50.0 Å². The smallest absolute Gasteiger partial charge is 0.233 e. The summed E-state index contributed by atoms with van der Waals surface area (Å²) in [6.45, 7) is 5.87. The fraction of sp³-hybridized carbons (Fsp3) is 0.429. The zero-order valence-electron chi connectivity index (χ0n) is 15.9. The number of carbonyl (C=O) groups is 1. The molecule has 0 aliphatic carbocycles. The molecule has 1 amide bonds. The van der Waals surface area contributed by atoms with E-state index in [-0.39, 0.29) is 5.91 Å². The number of halogens is 1. The van der Waals surface area contributed by atoms with Gasteiger partial charge in [-0.15, -0.1) is 11.8 Å². The largest absolute Gasteiger partial charge is 0.379 e. The van der Waals surface area contributed by atoms with Crippen LogP contribution in [0.3, 0.4) is 0 Å². The summed E-state index contributed by atoms with van der Waals surface area (Å²) in [6.07, 6.45) is 4.49. The number of benzene rings is 1. The summed E-state index contributed by atoms with van der Waals surface area (Å²) < 4.78 is 5.40. The Balaban J connectivity index is 1.56. The SMILES string of the molecule is O=C(CSc1ccccc1Cl)N(CCCN1CCOCC1)Cc1ccncc1. The highest BCUT2D eigenvalue weighted by Gasteiger charge is 2.16. The molecule has 0 spiro atoms. The zero-order chi connectivity index (χ0) is 19.6. The maximum absolute atomic E-state index is 12.9. The highest BCUT2D eigenvalue weighted by Crippen LogP contribution is 2.26. The molecule has 1 aliphatic rings. The maximum Gasteiger partial charge on any atom is 0.233 e. The van der Waals surface area contributed by atoms with Crippen molar-refractivity contribution in [3.05, 3.63) is 59.4 Å². The molecule has 1 aliphatic heterocycles. The predicted molar refractivity (Wildman–Crippen MR) is 114 cm³/mol. The number of rotatable bonds is 9. The number of ether oxygens (including phenoxy) is 1. The second-order valence-corrected chi connectivity index (χ2v) is 8.12. The van der Waals surface area contributed by atoms with Gasteiger partial charge in [0.15, 0.2) is 0 Å². The zero-order valence-corrected chi connectivity index (χ0v) is 17.5. The Labute approximate surface area is 176 Å². The van der Waals surface area contributed by atoms with Gasteiger partial charge in [0.05, 0.1) is 24.0 Å². The Morgan fingerprint density at radius 3 is 2.68 bits per heavy atom. The molecule has 0 unspecified atom stereocenters. The highest BCUT2D eigenvalue weighted by atomic mass is 35.5. The first-order chi connectivity index (χ1) is 13.7. The summed E-state index contributed by atoms with van der Waals surface area (Å²) in [5.41, 5.74) is 1.09. The number of nitrogens with zero attached hydrogens (tertiary/aromatic N) is 3. The molecule has 1 fully saturated rings. The van der Waals surface area contributed by atoms with Crippen LogP contribution in [-0.2, 0) is 16.1 Å². The van der Waals surface area contributed by atoms with Crippen molar-refractivity contribution in [1.82, 2.24) is 14.8 Å². The first kappa shape index (κ1) is 21.1. The van der Waals surface area contributed by atoms with E-state index in [2.05, 4.69) is 9.88 Å². The van der Waals surface area contributed by atoms with Crippen LogP contribution in [0, 0.1) is 0 Å². The van der Waals surface area contributed by atoms with Crippen molar-refractivity contribution in [2.45, 2.75) is 17.9 Å². The molecule has 1 saturated heterocycles. The van der Waals surface area contributed by atoms with Crippen LogP contribution in [0.4, 0.5) is 0 Å². The Morgan fingerprint density at radius 1 is 1.18 bits per heavy atom. The van der Waals surface area contributed by atoms with Crippen molar-refractivity contribution >= 4 is 29.3 Å². The van der Waals surface area contributed by atoms with Gasteiger partial charge >= 0.3 is 0 Å². The third-order valence-electron chi connectivity index (χ3n) is 4.67. The lowest BCUT2D eigenvalue weighted by molar-refractivity contribution is -0.129. The van der Waals surface area contributed by atoms with Crippen molar-refractivity contribution in [3.8, 4) is 0 Å². The van der Waals surface area contributed by atoms with E-state index in [0.29, 0.717) is 17.3 Å². The van der Waals surface area contributed by atoms with Crippen LogP contribution >= 0.6 is 23.4 Å². The molecule has 0 saturated carbocycles. The van der Waals surface area contributed by atoms with Gasteiger partial charge in [-0.3, -0.25) is 14.7 Å². The third kappa shape index (κ3) is 6.78. The Bertz CT molecular complexity index is 741. The van der Waals surface area contributed by atoms with E-state index >= 15 is 0 Å². The number of aromatic nitrogens is 1. The molecule has 0 bridgehead atoms. The summed E-state index contributed by atoms with van der Waals surface area (Å²) in [6, 6.07) is 11.6. The van der Waals surface area contributed by atoms with E-state index < -0.39 is 0 Å². The molecule has 3 rings (SSSR count). The number of amides is 1. The van der Waals surface area contributed by atoms with Gasteiger partial charge in [-0.1, -0.05) is 23.7 Å². The fourth-order valence-corrected chi connectivity index (χ4v) is 4.24. The van der Waals surface area contributed by atoms with Gasteiger partial charge in [0.25, 0.3) is 0 Å². The minimum absolute atomic E-state index is 0.128. The average Bonchev–Trinajstić information content (AvgIpc) is 2.74. The molecule has 0 radical (unpaired) electrons. The highest BCUT2D eigenvalue weighted by molar-refractivity contribution is 8.00. The van der Waals surface area contributed by atoms with Crippen molar-refractivity contribution in [3.63, 3.8) is 0 Å². The lowest BCUT2D eigenvalue weighted by atomic mass is 10.2. The third-order valence-corrected chi connectivity index (χ3v) is 6.17. The van der Waals surface area contributed by atoms with E-state index in [1.54, 1.807) is 12.4 Å². The molecule has 2 aromatic rings. The van der Waals surface area contributed by atoms with E-state index in [1.165, 1.54) is 11.8 Å². The molecule has 0 N–H and O–H groups in total. The molecule has 2 heterocycles. The number of hydrogen-bond donors (Lipinski definition) is 0. The van der Waals surface area contributed by atoms with Crippen LogP contribution in [0.15, 0.2) is 53.7 Å². The Morgan fingerprint density at radius 2 is 1.93 bits per heavy atom. The van der Waals surface area contributed by atoms with E-state index in [0.717, 1.165) is 56.3 Å². The molecule has 1 aromatic carbocycles. The molecular formula is C21H26ClN3O2S. The van der Waals surface area contributed by atoms with E-state index in [1.807, 2.05) is 41.3 Å². The maximum atomic E-state index is 12.9. The van der Waals surface area contributed by atoms with Crippen molar-refractivity contribution < 1.29 is 9.53 Å². The summed E-state index contributed by atoms with van der Waals surface area (Å²) in [5, 5.41) is 0.688. The lowest BCUT2D eigenvalue weighted by Gasteiger charge is -2.28. The van der Waals surface area contributed by atoms with Crippen LogP contribution in [0.2, 0.25) is 5.02 Å². The topological polar surface area (TPSA) is 45.7 Å². The second-order valence-electron chi connectivity index (χ2n) is 6.70. The minimum Gasteiger partial charge on any atom is -0.379 e. The molecule has 7 heteroatoms. The summed E-state index contributed by atoms with van der Waals surface area (Å²) in [7, 11) is 0. The van der Waals surface area contributed by atoms with E-state index in [9.17, 15) is 4.79 Å². The number of pyridine rings is 1. The quantitative estimate of drug-likeness (QED) is 0.581. The van der Waals surface area contributed by atoms with Crippen LogP contribution in [-0.4, -0.2) is 65.8 Å². The number of morpholine rings is 1. The number of carbonyl (C=O) groups excluding carboxylic acids is 1. The minimum atomic E-state index is 0.128. The Kier molecular flexibility index (Phi) is 8.61. The molecule has 0 atom stereocenters. The van der Waals surface area contributed by atoms with Crippen molar-refractivity contribution in [2.75, 3.05) is 45.1 Å². The Hall–Kier alpha value is -1.60. The van der Waals surface area contributed by atoms with Gasteiger partial charge in [-0.05, 0) is 36.2 Å². The fourth-order valence-electron chi connectivity index (χ4n) is 3.10. The van der Waals surface area contributed by atoms with Gasteiger partial charge in [0.2, 0.25) is 5.91 Å². The first-order valence-electron chi connectivity index (χ1n) is 9.56. The second kappa shape index (κ2) is 11.4. The molecule has 1 aromatic heterocycles. The van der Waals surface area contributed by atoms with Crippen LogP contribution in [0.1, 0.15) is 12.0 Å². The lowest BCUT2D eigenvalue weighted by Crippen LogP contribution is -2.39. The van der Waals surface area contributed by atoms with Crippen LogP contribution in [0.25, 0.3) is 0 Å². The monoisotopic (exact) mass is 419 g/mol. The van der Waals surface area contributed by atoms with Crippen molar-refractivity contribution in [1.29, 1.82) is 0 Å². The number of thioether (sulfide) groups is 1. The van der Waals surface area contributed by atoms with Gasteiger partial charge in [0.1, 0.15) is 0 Å². The van der Waals surface area contributed by atoms with Crippen molar-refractivity contribution in [2.24, 2.45) is 0 Å². The number of hydrogen-bond acceptors (Lipinski definition) is 5. The van der Waals surface area contributed by atoms with Gasteiger partial charge in [-0.25, -0.2) is 0 Å². The summed E-state index contributed by atoms with van der Waals surface area (Å²) >= 11 is 7.71. The van der Waals surface area contributed by atoms with Crippen LogP contribution in [0.5, 0.6) is 0 Å². The predicted octanol–water partition coefficient (Wildman–Crippen LogP) is 3.58.